The summed E-state index contributed by atoms with van der Waals surface area (Å²) in [5.74, 6) is 0.649. The summed E-state index contributed by atoms with van der Waals surface area (Å²) in [6, 6.07) is 20.9. The van der Waals surface area contributed by atoms with Crippen LogP contribution in [-0.4, -0.2) is 36.2 Å². The molecule has 0 aliphatic carbocycles. The van der Waals surface area contributed by atoms with Crippen molar-refractivity contribution in [1.29, 1.82) is 0 Å². The molecule has 4 rings (SSSR count). The molecule has 4 aromatic rings. The van der Waals surface area contributed by atoms with Crippen LogP contribution >= 0.6 is 11.3 Å². The fraction of sp³-hybridized carbons (Fsp3) is 0.0833. The second kappa shape index (κ2) is 9.92. The Morgan fingerprint density at radius 1 is 0.758 bits per heavy atom. The summed E-state index contributed by atoms with van der Waals surface area (Å²) in [7, 11) is 3.16. The second-order valence-corrected chi connectivity index (χ2v) is 7.80. The number of anilines is 2. The summed E-state index contributed by atoms with van der Waals surface area (Å²) in [5.41, 5.74) is 2.00. The number of hydrogen-bond donors (Lipinski definition) is 2. The SMILES string of the molecule is COc1ccc(C(=O)Nc2ccccc2C(=O)Nc2nnc(-c3ccc(OC)cc3)s2)cc1. The van der Waals surface area contributed by atoms with E-state index in [0.29, 0.717) is 32.7 Å². The molecule has 33 heavy (non-hydrogen) atoms. The molecule has 0 unspecified atom stereocenters. The molecule has 2 N–H and O–H groups in total. The van der Waals surface area contributed by atoms with Crippen LogP contribution in [0.1, 0.15) is 20.7 Å². The van der Waals surface area contributed by atoms with Crippen LogP contribution in [0.2, 0.25) is 0 Å². The number of ether oxygens (including phenoxy) is 2. The highest BCUT2D eigenvalue weighted by Gasteiger charge is 2.16. The van der Waals surface area contributed by atoms with Crippen molar-refractivity contribution in [2.24, 2.45) is 0 Å². The van der Waals surface area contributed by atoms with Crippen LogP contribution in [0.15, 0.2) is 72.8 Å². The fourth-order valence-electron chi connectivity index (χ4n) is 3.02. The largest absolute Gasteiger partial charge is 0.497 e. The molecule has 166 valence electrons. The van der Waals surface area contributed by atoms with Gasteiger partial charge < -0.3 is 14.8 Å². The molecule has 9 heteroatoms. The molecule has 1 aromatic heterocycles. The molecule has 0 saturated carbocycles. The first-order valence-electron chi connectivity index (χ1n) is 9.91. The van der Waals surface area contributed by atoms with E-state index in [-0.39, 0.29) is 5.91 Å². The van der Waals surface area contributed by atoms with Gasteiger partial charge in [0.05, 0.1) is 25.5 Å². The van der Waals surface area contributed by atoms with E-state index in [1.165, 1.54) is 11.3 Å². The first-order chi connectivity index (χ1) is 16.1. The molecule has 0 fully saturated rings. The third kappa shape index (κ3) is 5.16. The number of carbonyl (C=O) groups excluding carboxylic acids is 2. The molecular formula is C24H20N4O4S. The molecule has 8 nitrogen and oxygen atoms in total. The predicted octanol–water partition coefficient (Wildman–Crippen LogP) is 4.73. The molecule has 3 aromatic carbocycles. The molecule has 0 aliphatic rings. The van der Waals surface area contributed by atoms with Gasteiger partial charge in [0.25, 0.3) is 11.8 Å². The molecule has 0 saturated heterocycles. The van der Waals surface area contributed by atoms with E-state index in [1.54, 1.807) is 62.8 Å². The zero-order valence-corrected chi connectivity index (χ0v) is 18.7. The summed E-state index contributed by atoms with van der Waals surface area (Å²) in [5, 5.41) is 14.8. The van der Waals surface area contributed by atoms with Gasteiger partial charge >= 0.3 is 0 Å². The molecule has 0 radical (unpaired) electrons. The number of hydrogen-bond acceptors (Lipinski definition) is 7. The Labute approximate surface area is 194 Å². The molecule has 1 heterocycles. The van der Waals surface area contributed by atoms with E-state index in [9.17, 15) is 9.59 Å². The van der Waals surface area contributed by atoms with Crippen molar-refractivity contribution < 1.29 is 19.1 Å². The normalized spacial score (nSPS) is 10.4. The van der Waals surface area contributed by atoms with Crippen LogP contribution in [0.25, 0.3) is 10.6 Å². The van der Waals surface area contributed by atoms with Gasteiger partial charge in [0, 0.05) is 11.1 Å². The van der Waals surface area contributed by atoms with Crippen molar-refractivity contribution in [2.75, 3.05) is 24.9 Å². The van der Waals surface area contributed by atoms with Crippen molar-refractivity contribution in [3.8, 4) is 22.1 Å². The Bertz CT molecular complexity index is 1270. The molecule has 0 bridgehead atoms. The van der Waals surface area contributed by atoms with Gasteiger partial charge in [0.1, 0.15) is 16.5 Å². The first-order valence-corrected chi connectivity index (χ1v) is 10.7. The fourth-order valence-corrected chi connectivity index (χ4v) is 3.76. The summed E-state index contributed by atoms with van der Waals surface area (Å²) in [4.78, 5) is 25.5. The lowest BCUT2D eigenvalue weighted by Gasteiger charge is -2.10. The third-order valence-electron chi connectivity index (χ3n) is 4.75. The van der Waals surface area contributed by atoms with Crippen molar-refractivity contribution >= 4 is 34.0 Å². The molecule has 0 atom stereocenters. The monoisotopic (exact) mass is 460 g/mol. The van der Waals surface area contributed by atoms with Gasteiger partial charge in [-0.15, -0.1) is 10.2 Å². The molecule has 0 aliphatic heterocycles. The van der Waals surface area contributed by atoms with Crippen LogP contribution in [0, 0.1) is 0 Å². The van der Waals surface area contributed by atoms with Gasteiger partial charge in [-0.1, -0.05) is 23.5 Å². The second-order valence-electron chi connectivity index (χ2n) is 6.82. The minimum atomic E-state index is -0.405. The van der Waals surface area contributed by atoms with Crippen molar-refractivity contribution in [3.63, 3.8) is 0 Å². The van der Waals surface area contributed by atoms with Crippen LogP contribution in [0.4, 0.5) is 10.8 Å². The highest BCUT2D eigenvalue weighted by molar-refractivity contribution is 7.18. The predicted molar refractivity (Wildman–Crippen MR) is 127 cm³/mol. The van der Waals surface area contributed by atoms with E-state index in [0.717, 1.165) is 11.3 Å². The van der Waals surface area contributed by atoms with Gasteiger partial charge in [-0.3, -0.25) is 14.9 Å². The average Bonchev–Trinajstić information content (AvgIpc) is 3.32. The number of nitrogens with one attached hydrogen (secondary N) is 2. The number of carbonyl (C=O) groups is 2. The quantitative estimate of drug-likeness (QED) is 0.413. The van der Waals surface area contributed by atoms with Gasteiger partial charge in [0.2, 0.25) is 5.13 Å². The Balaban J connectivity index is 1.48. The smallest absolute Gasteiger partial charge is 0.259 e. The maximum Gasteiger partial charge on any atom is 0.259 e. The number of rotatable bonds is 7. The Morgan fingerprint density at radius 3 is 2.06 bits per heavy atom. The first kappa shape index (κ1) is 22.0. The van der Waals surface area contributed by atoms with E-state index < -0.39 is 5.91 Å². The lowest BCUT2D eigenvalue weighted by molar-refractivity contribution is 0.102. The van der Waals surface area contributed by atoms with Crippen molar-refractivity contribution in [1.82, 2.24) is 10.2 Å². The topological polar surface area (TPSA) is 102 Å². The standard InChI is InChI=1S/C24H20N4O4S/c1-31-17-11-7-15(8-12-17)21(29)25-20-6-4-3-5-19(20)22(30)26-24-28-27-23(33-24)16-9-13-18(32-2)14-10-16/h3-14H,1-2H3,(H,25,29)(H,26,28,30). The number of methoxy groups -OCH3 is 2. The van der Waals surface area contributed by atoms with Crippen molar-refractivity contribution in [2.45, 2.75) is 0 Å². The van der Waals surface area contributed by atoms with Crippen LogP contribution in [0.5, 0.6) is 11.5 Å². The third-order valence-corrected chi connectivity index (χ3v) is 5.64. The highest BCUT2D eigenvalue weighted by atomic mass is 32.1. The van der Waals surface area contributed by atoms with Gasteiger partial charge in [-0.2, -0.15) is 0 Å². The lowest BCUT2D eigenvalue weighted by Crippen LogP contribution is -2.18. The number of para-hydroxylation sites is 1. The van der Waals surface area contributed by atoms with E-state index in [1.807, 2.05) is 24.3 Å². The number of benzene rings is 3. The minimum Gasteiger partial charge on any atom is -0.497 e. The summed E-state index contributed by atoms with van der Waals surface area (Å²) in [6.07, 6.45) is 0. The summed E-state index contributed by atoms with van der Waals surface area (Å²) < 4.78 is 10.3. The van der Waals surface area contributed by atoms with Crippen LogP contribution in [-0.2, 0) is 0 Å². The summed E-state index contributed by atoms with van der Waals surface area (Å²) in [6.45, 7) is 0. The van der Waals surface area contributed by atoms with Crippen molar-refractivity contribution in [3.05, 3.63) is 83.9 Å². The van der Waals surface area contributed by atoms with Gasteiger partial charge in [-0.05, 0) is 60.7 Å². The maximum atomic E-state index is 12.9. The van der Waals surface area contributed by atoms with E-state index in [2.05, 4.69) is 20.8 Å². The van der Waals surface area contributed by atoms with Gasteiger partial charge in [0.15, 0.2) is 0 Å². The Kier molecular flexibility index (Phi) is 6.61. The molecule has 0 spiro atoms. The van der Waals surface area contributed by atoms with Gasteiger partial charge in [-0.25, -0.2) is 0 Å². The minimum absolute atomic E-state index is 0.306. The number of amides is 2. The summed E-state index contributed by atoms with van der Waals surface area (Å²) >= 11 is 1.25. The Hall–Kier alpha value is -4.24. The van der Waals surface area contributed by atoms with Crippen LogP contribution in [0.3, 0.4) is 0 Å². The van der Waals surface area contributed by atoms with E-state index in [4.69, 9.17) is 9.47 Å². The maximum absolute atomic E-state index is 12.9. The molecular weight excluding hydrogens is 440 g/mol. The highest BCUT2D eigenvalue weighted by Crippen LogP contribution is 2.28. The Morgan fingerprint density at radius 2 is 1.39 bits per heavy atom. The van der Waals surface area contributed by atoms with E-state index >= 15 is 0 Å². The zero-order valence-electron chi connectivity index (χ0n) is 17.9. The number of nitrogens with zero attached hydrogens (tertiary/aromatic N) is 2. The lowest BCUT2D eigenvalue weighted by atomic mass is 10.1. The zero-order chi connectivity index (χ0) is 23.2. The van der Waals surface area contributed by atoms with Crippen LogP contribution < -0.4 is 20.1 Å². The number of aromatic nitrogens is 2. The molecule has 2 amide bonds. The average molecular weight is 461 g/mol.